The molecule has 0 spiro atoms. The standard InChI is InChI=1S/C21H20O12/c1-6-14(26)17(29)18(30)21(31-6)33-20-16(28)13-9(23)4-8(22)5-12(13)32-19(20)7-2-10(24)15(27)11(25)3-7/h2-6,14,17-18,21-27,29-30H,1H3/t6-,14+,17-,18-,21-/m1/s1. The van der Waals surface area contributed by atoms with Gasteiger partial charge in [-0.3, -0.25) is 4.79 Å². The SMILES string of the molecule is C[C@H]1O[C@H](Oc2c(-c3cc(O)c(O)c(O)c3)oc3cc(O)cc(O)c3c2=O)[C@H](O)[C@H](O)[C@H]1O. The number of aliphatic hydroxyl groups excluding tert-OH is 3. The molecule has 0 aliphatic carbocycles. The number of aliphatic hydroxyl groups is 3. The van der Waals surface area contributed by atoms with E-state index in [0.29, 0.717) is 0 Å². The van der Waals surface area contributed by atoms with E-state index in [-0.39, 0.29) is 11.1 Å². The summed E-state index contributed by atoms with van der Waals surface area (Å²) in [7, 11) is 0. The summed E-state index contributed by atoms with van der Waals surface area (Å²) in [5, 5.41) is 79.1. The molecule has 8 N–H and O–H groups in total. The van der Waals surface area contributed by atoms with Crippen LogP contribution < -0.4 is 10.2 Å². The number of phenolic OH excluding ortho intramolecular Hbond substituents is 5. The van der Waals surface area contributed by atoms with Crippen molar-refractivity contribution in [3.05, 3.63) is 34.5 Å². The lowest BCUT2D eigenvalue weighted by molar-refractivity contribution is -0.268. The Kier molecular flexibility index (Phi) is 5.46. The number of fused-ring (bicyclic) bond motifs is 1. The highest BCUT2D eigenvalue weighted by molar-refractivity contribution is 5.88. The maximum absolute atomic E-state index is 13.2. The zero-order valence-corrected chi connectivity index (χ0v) is 16.9. The molecule has 0 unspecified atom stereocenters. The lowest BCUT2D eigenvalue weighted by Crippen LogP contribution is -2.58. The van der Waals surface area contributed by atoms with E-state index in [9.17, 15) is 45.6 Å². The van der Waals surface area contributed by atoms with Crippen LogP contribution in [0.5, 0.6) is 34.5 Å². The number of benzene rings is 2. The van der Waals surface area contributed by atoms with Crippen LogP contribution in [0.4, 0.5) is 0 Å². The molecule has 0 saturated carbocycles. The minimum absolute atomic E-state index is 0.168. The summed E-state index contributed by atoms with van der Waals surface area (Å²) in [4.78, 5) is 13.2. The molecule has 4 rings (SSSR count). The van der Waals surface area contributed by atoms with Gasteiger partial charge in [0.25, 0.3) is 0 Å². The van der Waals surface area contributed by atoms with Gasteiger partial charge >= 0.3 is 0 Å². The van der Waals surface area contributed by atoms with Gasteiger partial charge in [-0.1, -0.05) is 0 Å². The van der Waals surface area contributed by atoms with Crippen molar-refractivity contribution in [2.24, 2.45) is 0 Å². The number of aromatic hydroxyl groups is 5. The summed E-state index contributed by atoms with van der Waals surface area (Å²) in [6.07, 6.45) is -7.59. The fourth-order valence-electron chi connectivity index (χ4n) is 3.53. The average molecular weight is 464 g/mol. The minimum Gasteiger partial charge on any atom is -0.508 e. The first-order valence-corrected chi connectivity index (χ1v) is 9.64. The Morgan fingerprint density at radius 2 is 1.48 bits per heavy atom. The largest absolute Gasteiger partial charge is 0.508 e. The van der Waals surface area contributed by atoms with Crippen LogP contribution in [-0.4, -0.2) is 71.6 Å². The second-order valence-electron chi connectivity index (χ2n) is 7.59. The molecule has 2 aromatic carbocycles. The van der Waals surface area contributed by atoms with Crippen LogP contribution in [0.15, 0.2) is 33.5 Å². The van der Waals surface area contributed by atoms with E-state index < -0.39 is 81.8 Å². The predicted molar refractivity (Wildman–Crippen MR) is 109 cm³/mol. The molecular formula is C21H20O12. The fourth-order valence-corrected chi connectivity index (χ4v) is 3.53. The molecule has 0 bridgehead atoms. The number of rotatable bonds is 3. The summed E-state index contributed by atoms with van der Waals surface area (Å²) in [6, 6.07) is 3.79. The predicted octanol–water partition coefficient (Wildman–Crippen LogP) is 0.194. The van der Waals surface area contributed by atoms with E-state index >= 15 is 0 Å². The van der Waals surface area contributed by atoms with Crippen molar-refractivity contribution >= 4 is 11.0 Å². The number of hydrogen-bond acceptors (Lipinski definition) is 12. The third kappa shape index (κ3) is 3.74. The van der Waals surface area contributed by atoms with Gasteiger partial charge in [-0.05, 0) is 19.1 Å². The van der Waals surface area contributed by atoms with Crippen molar-refractivity contribution < 1.29 is 54.7 Å². The highest BCUT2D eigenvalue weighted by atomic mass is 16.7. The lowest BCUT2D eigenvalue weighted by Gasteiger charge is -2.38. The van der Waals surface area contributed by atoms with Crippen molar-refractivity contribution in [2.45, 2.75) is 37.6 Å². The molecule has 176 valence electrons. The van der Waals surface area contributed by atoms with Gasteiger partial charge in [0.15, 0.2) is 23.0 Å². The van der Waals surface area contributed by atoms with Gasteiger partial charge in [-0.2, -0.15) is 0 Å². The Morgan fingerprint density at radius 1 is 0.848 bits per heavy atom. The monoisotopic (exact) mass is 464 g/mol. The summed E-state index contributed by atoms with van der Waals surface area (Å²) in [5.41, 5.74) is -1.45. The van der Waals surface area contributed by atoms with E-state index in [4.69, 9.17) is 13.9 Å². The Bertz CT molecular complexity index is 1260. The molecule has 0 radical (unpaired) electrons. The maximum atomic E-state index is 13.2. The molecule has 0 amide bonds. The van der Waals surface area contributed by atoms with Crippen LogP contribution in [0.1, 0.15) is 6.92 Å². The van der Waals surface area contributed by atoms with Crippen LogP contribution in [0, 0.1) is 0 Å². The Balaban J connectivity index is 1.95. The summed E-state index contributed by atoms with van der Waals surface area (Å²) >= 11 is 0. The van der Waals surface area contributed by atoms with Gasteiger partial charge in [-0.15, -0.1) is 0 Å². The van der Waals surface area contributed by atoms with Crippen LogP contribution in [0.2, 0.25) is 0 Å². The van der Waals surface area contributed by atoms with Crippen molar-refractivity contribution in [3.63, 3.8) is 0 Å². The maximum Gasteiger partial charge on any atom is 0.239 e. The molecule has 1 saturated heterocycles. The third-order valence-corrected chi connectivity index (χ3v) is 5.29. The van der Waals surface area contributed by atoms with Crippen LogP contribution in [-0.2, 0) is 4.74 Å². The van der Waals surface area contributed by atoms with Crippen molar-refractivity contribution in [1.29, 1.82) is 0 Å². The zero-order chi connectivity index (χ0) is 24.2. The van der Waals surface area contributed by atoms with Crippen molar-refractivity contribution in [2.75, 3.05) is 0 Å². The molecule has 12 heteroatoms. The molecule has 3 aromatic rings. The first-order valence-electron chi connectivity index (χ1n) is 9.64. The fraction of sp³-hybridized carbons (Fsp3) is 0.286. The van der Waals surface area contributed by atoms with E-state index in [1.807, 2.05) is 0 Å². The number of phenols is 5. The summed E-state index contributed by atoms with van der Waals surface area (Å²) in [5.74, 6) is -4.55. The average Bonchev–Trinajstić information content (AvgIpc) is 2.74. The molecule has 12 nitrogen and oxygen atoms in total. The topological polar surface area (TPSA) is 211 Å². The van der Waals surface area contributed by atoms with E-state index in [1.165, 1.54) is 6.92 Å². The third-order valence-electron chi connectivity index (χ3n) is 5.29. The smallest absolute Gasteiger partial charge is 0.239 e. The van der Waals surface area contributed by atoms with Gasteiger partial charge < -0.3 is 54.7 Å². The van der Waals surface area contributed by atoms with Gasteiger partial charge in [0, 0.05) is 17.7 Å². The summed E-state index contributed by atoms with van der Waals surface area (Å²) in [6.45, 7) is 1.39. The van der Waals surface area contributed by atoms with Crippen molar-refractivity contribution in [3.8, 4) is 45.8 Å². The molecular weight excluding hydrogens is 444 g/mol. The van der Waals surface area contributed by atoms with Gasteiger partial charge in [0.05, 0.1) is 6.10 Å². The molecule has 33 heavy (non-hydrogen) atoms. The lowest BCUT2D eigenvalue weighted by atomic mass is 10.00. The molecule has 1 aromatic heterocycles. The Labute approximate surface area is 184 Å². The van der Waals surface area contributed by atoms with Gasteiger partial charge in [0.1, 0.15) is 40.8 Å². The highest BCUT2D eigenvalue weighted by Crippen LogP contribution is 2.43. The second kappa shape index (κ2) is 8.01. The van der Waals surface area contributed by atoms with Crippen LogP contribution in [0.25, 0.3) is 22.3 Å². The van der Waals surface area contributed by atoms with E-state index in [1.54, 1.807) is 0 Å². The molecule has 1 aliphatic rings. The van der Waals surface area contributed by atoms with Gasteiger partial charge in [0.2, 0.25) is 17.5 Å². The van der Waals surface area contributed by atoms with E-state index in [0.717, 1.165) is 24.3 Å². The summed E-state index contributed by atoms with van der Waals surface area (Å²) < 4.78 is 16.5. The second-order valence-corrected chi connectivity index (χ2v) is 7.59. The van der Waals surface area contributed by atoms with E-state index in [2.05, 4.69) is 0 Å². The normalized spacial score (nSPS) is 25.3. The first-order chi connectivity index (χ1) is 15.5. The first kappa shape index (κ1) is 22.5. The van der Waals surface area contributed by atoms with Crippen LogP contribution in [0.3, 0.4) is 0 Å². The zero-order valence-electron chi connectivity index (χ0n) is 16.9. The molecule has 2 heterocycles. The number of ether oxygens (including phenoxy) is 2. The minimum atomic E-state index is -1.80. The Morgan fingerprint density at radius 3 is 2.12 bits per heavy atom. The highest BCUT2D eigenvalue weighted by Gasteiger charge is 2.44. The Hall–Kier alpha value is -3.71. The number of hydrogen-bond donors (Lipinski definition) is 8. The molecule has 5 atom stereocenters. The molecule has 1 aliphatic heterocycles. The molecule has 1 fully saturated rings. The quantitative estimate of drug-likeness (QED) is 0.244. The van der Waals surface area contributed by atoms with Gasteiger partial charge in [-0.25, -0.2) is 0 Å². The van der Waals surface area contributed by atoms with Crippen LogP contribution >= 0.6 is 0 Å². The van der Waals surface area contributed by atoms with Crippen molar-refractivity contribution in [1.82, 2.24) is 0 Å².